The van der Waals surface area contributed by atoms with Gasteiger partial charge in [0.2, 0.25) is 5.91 Å². The van der Waals surface area contributed by atoms with Gasteiger partial charge in [0.1, 0.15) is 12.1 Å². The van der Waals surface area contributed by atoms with Crippen LogP contribution in [0.1, 0.15) is 57.4 Å². The maximum atomic E-state index is 12.9. The summed E-state index contributed by atoms with van der Waals surface area (Å²) in [6.45, 7) is 4.46. The fraction of sp³-hybridized carbons (Fsp3) is 0.609. The lowest BCUT2D eigenvalue weighted by Crippen LogP contribution is -2.49. The molecule has 3 aliphatic rings. The molecule has 3 fully saturated rings. The first kappa shape index (κ1) is 20.7. The zero-order valence-electron chi connectivity index (χ0n) is 17.8. The standard InChI is InChI=1S/C23H32N4O3/c1-17-8-10-23(11-9-17)21(29)27(22(30)25-23)16-20(28)24-15-18-6-5-7-19(14-18)26-12-3-2-4-13-26/h5-7,14,17H,2-4,8-13,15-16H2,1H3,(H,24,28)(H,25,30). The Bertz CT molecular complexity index is 810. The summed E-state index contributed by atoms with van der Waals surface area (Å²) in [7, 11) is 0. The Morgan fingerprint density at radius 3 is 2.63 bits per heavy atom. The number of carbonyl (C=O) groups excluding carboxylic acids is 3. The second kappa shape index (κ2) is 8.66. The van der Waals surface area contributed by atoms with E-state index in [1.165, 1.54) is 24.9 Å². The van der Waals surface area contributed by atoms with Gasteiger partial charge in [0.05, 0.1) is 0 Å². The summed E-state index contributed by atoms with van der Waals surface area (Å²) in [5.74, 6) is 0.00289. The molecule has 1 saturated carbocycles. The van der Waals surface area contributed by atoms with Crippen LogP contribution in [0.15, 0.2) is 24.3 Å². The maximum absolute atomic E-state index is 12.9. The number of anilines is 1. The zero-order chi connectivity index (χ0) is 21.1. The molecule has 7 heteroatoms. The lowest BCUT2D eigenvalue weighted by atomic mass is 9.77. The second-order valence-corrected chi connectivity index (χ2v) is 9.08. The number of piperidine rings is 1. The highest BCUT2D eigenvalue weighted by atomic mass is 16.2. The molecule has 2 N–H and O–H groups in total. The van der Waals surface area contributed by atoms with Crippen LogP contribution < -0.4 is 15.5 Å². The third-order valence-electron chi connectivity index (χ3n) is 6.80. The molecule has 0 radical (unpaired) electrons. The first-order chi connectivity index (χ1) is 14.5. The van der Waals surface area contributed by atoms with Gasteiger partial charge in [-0.3, -0.25) is 14.5 Å². The quantitative estimate of drug-likeness (QED) is 0.729. The van der Waals surface area contributed by atoms with Crippen LogP contribution >= 0.6 is 0 Å². The minimum Gasteiger partial charge on any atom is -0.372 e. The lowest BCUT2D eigenvalue weighted by Gasteiger charge is -2.33. The molecule has 1 aromatic carbocycles. The largest absolute Gasteiger partial charge is 0.372 e. The molecule has 162 valence electrons. The SMILES string of the molecule is CC1CCC2(CC1)NC(=O)N(CC(=O)NCc1cccc(N3CCCCC3)c1)C2=O. The predicted molar refractivity (Wildman–Crippen MR) is 115 cm³/mol. The van der Waals surface area contributed by atoms with Crippen molar-refractivity contribution < 1.29 is 14.4 Å². The average molecular weight is 413 g/mol. The van der Waals surface area contributed by atoms with Gasteiger partial charge in [-0.25, -0.2) is 4.79 Å². The fourth-order valence-electron chi connectivity index (χ4n) is 4.83. The maximum Gasteiger partial charge on any atom is 0.325 e. The molecule has 2 aliphatic heterocycles. The Labute approximate surface area is 178 Å². The van der Waals surface area contributed by atoms with Crippen LogP contribution in [0.3, 0.4) is 0 Å². The van der Waals surface area contributed by atoms with Gasteiger partial charge in [-0.15, -0.1) is 0 Å². The molecule has 1 spiro atoms. The molecule has 1 aliphatic carbocycles. The van der Waals surface area contributed by atoms with Crippen LogP contribution in [0.5, 0.6) is 0 Å². The Morgan fingerprint density at radius 1 is 1.17 bits per heavy atom. The van der Waals surface area contributed by atoms with Crippen LogP contribution in [0.4, 0.5) is 10.5 Å². The number of benzene rings is 1. The predicted octanol–water partition coefficient (Wildman–Crippen LogP) is 2.79. The lowest BCUT2D eigenvalue weighted by molar-refractivity contribution is -0.136. The van der Waals surface area contributed by atoms with E-state index in [-0.39, 0.29) is 18.4 Å². The van der Waals surface area contributed by atoms with Crippen molar-refractivity contribution >= 4 is 23.5 Å². The van der Waals surface area contributed by atoms with E-state index < -0.39 is 11.6 Å². The van der Waals surface area contributed by atoms with Gasteiger partial charge in [0.15, 0.2) is 0 Å². The van der Waals surface area contributed by atoms with Crippen LogP contribution in [-0.2, 0) is 16.1 Å². The molecule has 0 aromatic heterocycles. The number of hydrogen-bond donors (Lipinski definition) is 2. The van der Waals surface area contributed by atoms with Gasteiger partial charge >= 0.3 is 6.03 Å². The third kappa shape index (κ3) is 4.30. The van der Waals surface area contributed by atoms with Gasteiger partial charge in [-0.2, -0.15) is 0 Å². The van der Waals surface area contributed by atoms with E-state index in [1.54, 1.807) is 0 Å². The summed E-state index contributed by atoms with van der Waals surface area (Å²) in [6, 6.07) is 7.76. The van der Waals surface area contributed by atoms with Crippen LogP contribution in [0, 0.1) is 5.92 Å². The molecular formula is C23H32N4O3. The van der Waals surface area contributed by atoms with Crippen molar-refractivity contribution in [1.29, 1.82) is 0 Å². The minimum absolute atomic E-state index is 0.228. The molecule has 30 heavy (non-hydrogen) atoms. The van der Waals surface area contributed by atoms with Crippen molar-refractivity contribution in [3.63, 3.8) is 0 Å². The van der Waals surface area contributed by atoms with Crippen molar-refractivity contribution in [2.75, 3.05) is 24.5 Å². The second-order valence-electron chi connectivity index (χ2n) is 9.08. The van der Waals surface area contributed by atoms with E-state index in [0.717, 1.165) is 36.4 Å². The Balaban J connectivity index is 1.32. The fourth-order valence-corrected chi connectivity index (χ4v) is 4.83. The van der Waals surface area contributed by atoms with E-state index >= 15 is 0 Å². The van der Waals surface area contributed by atoms with Gasteiger partial charge in [0, 0.05) is 25.3 Å². The molecule has 0 atom stereocenters. The van der Waals surface area contributed by atoms with Crippen molar-refractivity contribution in [3.8, 4) is 0 Å². The van der Waals surface area contributed by atoms with E-state index in [9.17, 15) is 14.4 Å². The molecule has 2 heterocycles. The highest BCUT2D eigenvalue weighted by molar-refractivity contribution is 6.09. The van der Waals surface area contributed by atoms with Gasteiger partial charge in [-0.1, -0.05) is 19.1 Å². The Hall–Kier alpha value is -2.57. The molecule has 4 amide bonds. The van der Waals surface area contributed by atoms with Crippen molar-refractivity contribution in [1.82, 2.24) is 15.5 Å². The molecular weight excluding hydrogens is 380 g/mol. The van der Waals surface area contributed by atoms with Crippen LogP contribution in [0.2, 0.25) is 0 Å². The molecule has 4 rings (SSSR count). The van der Waals surface area contributed by atoms with Gasteiger partial charge in [0.25, 0.3) is 5.91 Å². The van der Waals surface area contributed by atoms with Crippen molar-refractivity contribution in [3.05, 3.63) is 29.8 Å². The summed E-state index contributed by atoms with van der Waals surface area (Å²) >= 11 is 0. The average Bonchev–Trinajstić information content (AvgIpc) is 2.99. The van der Waals surface area contributed by atoms with Gasteiger partial charge < -0.3 is 15.5 Å². The summed E-state index contributed by atoms with van der Waals surface area (Å²) in [4.78, 5) is 41.2. The first-order valence-electron chi connectivity index (χ1n) is 11.2. The normalized spacial score (nSPS) is 26.8. The summed E-state index contributed by atoms with van der Waals surface area (Å²) < 4.78 is 0. The summed E-state index contributed by atoms with van der Waals surface area (Å²) in [6.07, 6.45) is 6.86. The highest BCUT2D eigenvalue weighted by Gasteiger charge is 2.52. The highest BCUT2D eigenvalue weighted by Crippen LogP contribution is 2.36. The summed E-state index contributed by atoms with van der Waals surface area (Å²) in [5, 5.41) is 5.73. The van der Waals surface area contributed by atoms with Gasteiger partial charge in [-0.05, 0) is 68.6 Å². The topological polar surface area (TPSA) is 81.8 Å². The molecule has 1 aromatic rings. The zero-order valence-corrected chi connectivity index (χ0v) is 17.8. The smallest absolute Gasteiger partial charge is 0.325 e. The Kier molecular flexibility index (Phi) is 5.97. The number of carbonyl (C=O) groups is 3. The van der Waals surface area contributed by atoms with E-state index in [2.05, 4.69) is 34.6 Å². The molecule has 0 bridgehead atoms. The third-order valence-corrected chi connectivity index (χ3v) is 6.80. The monoisotopic (exact) mass is 412 g/mol. The Morgan fingerprint density at radius 2 is 1.90 bits per heavy atom. The molecule has 0 unspecified atom stereocenters. The number of rotatable bonds is 5. The van der Waals surface area contributed by atoms with Crippen molar-refractivity contribution in [2.45, 2.75) is 64.0 Å². The first-order valence-corrected chi connectivity index (χ1v) is 11.2. The van der Waals surface area contributed by atoms with E-state index in [1.807, 2.05) is 12.1 Å². The number of amides is 4. The number of urea groups is 1. The van der Waals surface area contributed by atoms with E-state index in [4.69, 9.17) is 0 Å². The van der Waals surface area contributed by atoms with E-state index in [0.29, 0.717) is 25.3 Å². The van der Waals surface area contributed by atoms with Crippen LogP contribution in [0.25, 0.3) is 0 Å². The number of nitrogens with zero attached hydrogens (tertiary/aromatic N) is 2. The van der Waals surface area contributed by atoms with Crippen LogP contribution in [-0.4, -0.2) is 47.9 Å². The number of hydrogen-bond acceptors (Lipinski definition) is 4. The minimum atomic E-state index is -0.799. The number of imide groups is 1. The molecule has 7 nitrogen and oxygen atoms in total. The number of nitrogens with one attached hydrogen (secondary N) is 2. The summed E-state index contributed by atoms with van der Waals surface area (Å²) in [5.41, 5.74) is 1.40. The van der Waals surface area contributed by atoms with Crippen molar-refractivity contribution in [2.24, 2.45) is 5.92 Å². The molecule has 2 saturated heterocycles.